The SMILES string of the molecule is COc1cccc2c1OCC(c1cc(C)c3ccc(CC(=O)N(C)C)cc3n1)=C2. The summed E-state index contributed by atoms with van der Waals surface area (Å²) in [4.78, 5) is 18.6. The number of pyridine rings is 1. The number of aromatic nitrogens is 1. The molecule has 5 heteroatoms. The Bertz CT molecular complexity index is 1130. The number of fused-ring (bicyclic) bond motifs is 2. The lowest BCUT2D eigenvalue weighted by Crippen LogP contribution is -2.23. The first-order valence-corrected chi connectivity index (χ1v) is 9.57. The number of rotatable bonds is 4. The molecule has 0 aliphatic carbocycles. The minimum absolute atomic E-state index is 0.0752. The minimum Gasteiger partial charge on any atom is -0.493 e. The Balaban J connectivity index is 1.74. The van der Waals surface area contributed by atoms with E-state index in [0.717, 1.165) is 50.4 Å². The number of nitrogens with zero attached hydrogens (tertiary/aromatic N) is 2. The van der Waals surface area contributed by atoms with Gasteiger partial charge in [-0.1, -0.05) is 24.3 Å². The summed E-state index contributed by atoms with van der Waals surface area (Å²) in [6.07, 6.45) is 2.47. The number of methoxy groups -OCH3 is 1. The van der Waals surface area contributed by atoms with Crippen molar-refractivity contribution in [1.82, 2.24) is 9.88 Å². The summed E-state index contributed by atoms with van der Waals surface area (Å²) in [5, 5.41) is 1.09. The van der Waals surface area contributed by atoms with Gasteiger partial charge in [0.05, 0.1) is 24.7 Å². The van der Waals surface area contributed by atoms with Crippen LogP contribution < -0.4 is 9.47 Å². The summed E-state index contributed by atoms with van der Waals surface area (Å²) in [6.45, 7) is 2.52. The smallest absolute Gasteiger partial charge is 0.226 e. The normalized spacial score (nSPS) is 12.8. The third-order valence-electron chi connectivity index (χ3n) is 5.20. The summed E-state index contributed by atoms with van der Waals surface area (Å²) in [5.74, 6) is 1.57. The zero-order chi connectivity index (χ0) is 20.5. The van der Waals surface area contributed by atoms with Gasteiger partial charge in [0.1, 0.15) is 6.61 Å². The van der Waals surface area contributed by atoms with Crippen LogP contribution in [0.15, 0.2) is 42.5 Å². The Hall–Kier alpha value is -3.34. The van der Waals surface area contributed by atoms with E-state index in [-0.39, 0.29) is 5.91 Å². The second-order valence-electron chi connectivity index (χ2n) is 7.48. The predicted octanol–water partition coefficient (Wildman–Crippen LogP) is 4.12. The molecule has 5 nitrogen and oxygen atoms in total. The molecule has 0 atom stereocenters. The second kappa shape index (κ2) is 7.59. The molecule has 0 radical (unpaired) electrons. The van der Waals surface area contributed by atoms with Gasteiger partial charge in [0.15, 0.2) is 11.5 Å². The standard InChI is InChI=1S/C24H24N2O3/c1-15-10-20(18-13-17-6-5-7-22(28-4)24(17)29-14-18)25-21-11-16(8-9-19(15)21)12-23(27)26(2)3/h5-11,13H,12,14H2,1-4H3. The van der Waals surface area contributed by atoms with Crippen LogP contribution in [0.2, 0.25) is 0 Å². The van der Waals surface area contributed by atoms with Gasteiger partial charge < -0.3 is 14.4 Å². The highest BCUT2D eigenvalue weighted by Gasteiger charge is 2.18. The summed E-state index contributed by atoms with van der Waals surface area (Å²) >= 11 is 0. The molecular formula is C24H24N2O3. The van der Waals surface area contributed by atoms with Crippen LogP contribution in [0.5, 0.6) is 11.5 Å². The number of ether oxygens (including phenoxy) is 2. The first-order chi connectivity index (χ1) is 14.0. The molecule has 3 aromatic rings. The fourth-order valence-corrected chi connectivity index (χ4v) is 3.54. The lowest BCUT2D eigenvalue weighted by molar-refractivity contribution is -0.127. The molecule has 0 N–H and O–H groups in total. The van der Waals surface area contributed by atoms with Crippen molar-refractivity contribution in [3.63, 3.8) is 0 Å². The van der Waals surface area contributed by atoms with E-state index in [0.29, 0.717) is 13.0 Å². The van der Waals surface area contributed by atoms with Crippen LogP contribution in [0.1, 0.15) is 22.4 Å². The number of aryl methyl sites for hydroxylation is 1. The maximum absolute atomic E-state index is 12.1. The Morgan fingerprint density at radius 2 is 2.03 bits per heavy atom. The van der Waals surface area contributed by atoms with Gasteiger partial charge in [0, 0.05) is 30.6 Å². The average Bonchev–Trinajstić information content (AvgIpc) is 2.72. The Morgan fingerprint density at radius 3 is 2.79 bits per heavy atom. The molecule has 2 heterocycles. The fraction of sp³-hybridized carbons (Fsp3) is 0.250. The average molecular weight is 388 g/mol. The largest absolute Gasteiger partial charge is 0.493 e. The van der Waals surface area contributed by atoms with Gasteiger partial charge in [-0.2, -0.15) is 0 Å². The molecule has 29 heavy (non-hydrogen) atoms. The van der Waals surface area contributed by atoms with Crippen LogP contribution >= 0.6 is 0 Å². The molecule has 0 saturated carbocycles. The maximum Gasteiger partial charge on any atom is 0.226 e. The number of para-hydroxylation sites is 1. The molecule has 4 rings (SSSR count). The molecule has 0 saturated heterocycles. The van der Waals surface area contributed by atoms with Crippen molar-refractivity contribution < 1.29 is 14.3 Å². The predicted molar refractivity (Wildman–Crippen MR) is 115 cm³/mol. The molecule has 0 bridgehead atoms. The number of hydrogen-bond acceptors (Lipinski definition) is 4. The van der Waals surface area contributed by atoms with Gasteiger partial charge in [0.25, 0.3) is 0 Å². The lowest BCUT2D eigenvalue weighted by atomic mass is 10.00. The van der Waals surface area contributed by atoms with Crippen molar-refractivity contribution >= 4 is 28.5 Å². The zero-order valence-corrected chi connectivity index (χ0v) is 17.2. The van der Waals surface area contributed by atoms with Crippen molar-refractivity contribution in [3.05, 3.63) is 64.8 Å². The second-order valence-corrected chi connectivity index (χ2v) is 7.48. The quantitative estimate of drug-likeness (QED) is 0.675. The van der Waals surface area contributed by atoms with E-state index in [1.165, 1.54) is 0 Å². The zero-order valence-electron chi connectivity index (χ0n) is 17.2. The summed E-state index contributed by atoms with van der Waals surface area (Å²) in [5.41, 5.74) is 5.89. The molecule has 148 valence electrons. The Labute approximate surface area is 170 Å². The van der Waals surface area contributed by atoms with Crippen LogP contribution in [0.3, 0.4) is 0 Å². The number of likely N-dealkylation sites (N-methyl/N-ethyl adjacent to an activating group) is 1. The lowest BCUT2D eigenvalue weighted by Gasteiger charge is -2.20. The molecule has 0 unspecified atom stereocenters. The Kier molecular flexibility index (Phi) is 4.97. The van der Waals surface area contributed by atoms with E-state index in [1.807, 2.05) is 36.4 Å². The maximum atomic E-state index is 12.1. The Morgan fingerprint density at radius 1 is 1.21 bits per heavy atom. The summed E-state index contributed by atoms with van der Waals surface area (Å²) < 4.78 is 11.4. The van der Waals surface area contributed by atoms with Crippen molar-refractivity contribution in [2.45, 2.75) is 13.3 Å². The fourth-order valence-electron chi connectivity index (χ4n) is 3.54. The van der Waals surface area contributed by atoms with Gasteiger partial charge in [-0.05, 0) is 42.3 Å². The van der Waals surface area contributed by atoms with Crippen LogP contribution in [0.4, 0.5) is 0 Å². The molecule has 1 aliphatic heterocycles. The van der Waals surface area contributed by atoms with Crippen LogP contribution in [0, 0.1) is 6.92 Å². The van der Waals surface area contributed by atoms with Crippen molar-refractivity contribution in [2.75, 3.05) is 27.8 Å². The third-order valence-corrected chi connectivity index (χ3v) is 5.20. The minimum atomic E-state index is 0.0752. The summed E-state index contributed by atoms with van der Waals surface area (Å²) in [7, 11) is 5.18. The van der Waals surface area contributed by atoms with Gasteiger partial charge in [-0.15, -0.1) is 0 Å². The molecule has 1 aromatic heterocycles. The van der Waals surface area contributed by atoms with Crippen molar-refractivity contribution in [3.8, 4) is 11.5 Å². The van der Waals surface area contributed by atoms with Crippen LogP contribution in [0.25, 0.3) is 22.6 Å². The van der Waals surface area contributed by atoms with E-state index in [1.54, 1.807) is 26.1 Å². The topological polar surface area (TPSA) is 51.7 Å². The summed E-state index contributed by atoms with van der Waals surface area (Å²) in [6, 6.07) is 14.0. The molecule has 0 fully saturated rings. The first-order valence-electron chi connectivity index (χ1n) is 9.57. The molecular weight excluding hydrogens is 364 g/mol. The van der Waals surface area contributed by atoms with Crippen LogP contribution in [-0.4, -0.2) is 43.6 Å². The van der Waals surface area contributed by atoms with E-state index in [9.17, 15) is 4.79 Å². The van der Waals surface area contributed by atoms with Gasteiger partial charge in [-0.25, -0.2) is 4.98 Å². The number of carbonyl (C=O) groups is 1. The highest BCUT2D eigenvalue weighted by molar-refractivity contribution is 5.90. The van der Waals surface area contributed by atoms with Crippen molar-refractivity contribution in [2.24, 2.45) is 0 Å². The highest BCUT2D eigenvalue weighted by Crippen LogP contribution is 2.37. The van der Waals surface area contributed by atoms with E-state index in [2.05, 4.69) is 19.1 Å². The molecule has 1 aliphatic rings. The van der Waals surface area contributed by atoms with Crippen molar-refractivity contribution in [1.29, 1.82) is 0 Å². The highest BCUT2D eigenvalue weighted by atomic mass is 16.5. The first kappa shape index (κ1) is 19.0. The van der Waals surface area contributed by atoms with E-state index in [4.69, 9.17) is 14.5 Å². The molecule has 2 aromatic carbocycles. The van der Waals surface area contributed by atoms with Gasteiger partial charge in [-0.3, -0.25) is 4.79 Å². The number of carbonyl (C=O) groups excluding carboxylic acids is 1. The van der Waals surface area contributed by atoms with E-state index < -0.39 is 0 Å². The van der Waals surface area contributed by atoms with Gasteiger partial charge >= 0.3 is 0 Å². The monoisotopic (exact) mass is 388 g/mol. The number of benzene rings is 2. The van der Waals surface area contributed by atoms with Crippen LogP contribution in [-0.2, 0) is 11.2 Å². The molecule has 0 spiro atoms. The van der Waals surface area contributed by atoms with E-state index >= 15 is 0 Å². The number of amides is 1. The van der Waals surface area contributed by atoms with Gasteiger partial charge in [0.2, 0.25) is 5.91 Å². The third kappa shape index (κ3) is 3.68. The molecule has 1 amide bonds. The number of hydrogen-bond donors (Lipinski definition) is 0.